The van der Waals surface area contributed by atoms with Crippen LogP contribution in [0.25, 0.3) is 0 Å². The fourth-order valence-corrected chi connectivity index (χ4v) is 2.34. The number of anilines is 1. The molecule has 2 aromatic rings. The van der Waals surface area contributed by atoms with Gasteiger partial charge in [-0.2, -0.15) is 0 Å². The van der Waals surface area contributed by atoms with Crippen LogP contribution in [0.3, 0.4) is 0 Å². The first kappa shape index (κ1) is 16.2. The van der Waals surface area contributed by atoms with Gasteiger partial charge in [0.25, 0.3) is 0 Å². The van der Waals surface area contributed by atoms with Gasteiger partial charge in [0, 0.05) is 5.69 Å². The monoisotopic (exact) mass is 301 g/mol. The Balaban J connectivity index is 2.16. The van der Waals surface area contributed by atoms with Crippen molar-refractivity contribution < 1.29 is 14.6 Å². The highest BCUT2D eigenvalue weighted by atomic mass is 16.5. The number of hydrogen-bond donors (Lipinski definition) is 2. The molecule has 0 amide bonds. The van der Waals surface area contributed by atoms with Gasteiger partial charge in [0.05, 0.1) is 26.4 Å². The third-order valence-electron chi connectivity index (χ3n) is 3.53. The summed E-state index contributed by atoms with van der Waals surface area (Å²) in [5, 5.41) is 13.2. The Morgan fingerprint density at radius 1 is 0.909 bits per heavy atom. The lowest BCUT2D eigenvalue weighted by Gasteiger charge is -2.22. The number of ether oxygens (including phenoxy) is 2. The van der Waals surface area contributed by atoms with Gasteiger partial charge < -0.3 is 19.9 Å². The minimum Gasteiger partial charge on any atom is -0.497 e. The zero-order valence-corrected chi connectivity index (χ0v) is 13.2. The van der Waals surface area contributed by atoms with Gasteiger partial charge in [-0.15, -0.1) is 0 Å². The molecule has 0 unspecified atom stereocenters. The van der Waals surface area contributed by atoms with Crippen molar-refractivity contribution in [3.05, 3.63) is 54.1 Å². The van der Waals surface area contributed by atoms with Crippen molar-refractivity contribution in [3.63, 3.8) is 0 Å². The van der Waals surface area contributed by atoms with E-state index in [1.165, 1.54) is 0 Å². The summed E-state index contributed by atoms with van der Waals surface area (Å²) in [7, 11) is 3.30. The molecule has 2 rings (SSSR count). The highest BCUT2D eigenvalue weighted by Crippen LogP contribution is 2.26. The van der Waals surface area contributed by atoms with Gasteiger partial charge in [-0.1, -0.05) is 12.1 Å². The lowest BCUT2D eigenvalue weighted by atomic mass is 10.0. The summed E-state index contributed by atoms with van der Waals surface area (Å²) >= 11 is 0. The van der Waals surface area contributed by atoms with Gasteiger partial charge in [-0.05, 0) is 55.3 Å². The number of benzene rings is 2. The van der Waals surface area contributed by atoms with Gasteiger partial charge >= 0.3 is 0 Å². The third-order valence-corrected chi connectivity index (χ3v) is 3.53. The Morgan fingerprint density at radius 3 is 1.86 bits per heavy atom. The normalized spacial score (nSPS) is 13.3. The second kappa shape index (κ2) is 7.71. The van der Waals surface area contributed by atoms with Crippen molar-refractivity contribution in [2.75, 3.05) is 19.5 Å². The van der Waals surface area contributed by atoms with E-state index in [0.717, 1.165) is 22.7 Å². The van der Waals surface area contributed by atoms with Crippen LogP contribution in [0, 0.1) is 0 Å². The summed E-state index contributed by atoms with van der Waals surface area (Å²) in [5.74, 6) is 1.64. The van der Waals surface area contributed by atoms with E-state index in [4.69, 9.17) is 9.47 Å². The zero-order chi connectivity index (χ0) is 15.9. The van der Waals surface area contributed by atoms with E-state index in [-0.39, 0.29) is 6.04 Å². The molecule has 0 aromatic heterocycles. The molecule has 0 radical (unpaired) electrons. The Morgan fingerprint density at radius 2 is 1.41 bits per heavy atom. The topological polar surface area (TPSA) is 50.7 Å². The van der Waals surface area contributed by atoms with Crippen molar-refractivity contribution in [2.45, 2.75) is 25.5 Å². The summed E-state index contributed by atoms with van der Waals surface area (Å²) in [5.41, 5.74) is 2.10. The maximum absolute atomic E-state index is 9.76. The van der Waals surface area contributed by atoms with Crippen LogP contribution in [-0.2, 0) is 0 Å². The Labute approximate surface area is 131 Å². The Bertz CT molecular complexity index is 564. The van der Waals surface area contributed by atoms with Crippen molar-refractivity contribution >= 4 is 5.69 Å². The largest absolute Gasteiger partial charge is 0.497 e. The summed E-state index contributed by atoms with van der Waals surface area (Å²) in [4.78, 5) is 0. The Kier molecular flexibility index (Phi) is 5.67. The third kappa shape index (κ3) is 4.40. The average Bonchev–Trinajstić information content (AvgIpc) is 2.54. The van der Waals surface area contributed by atoms with Crippen LogP contribution in [0.1, 0.15) is 24.9 Å². The summed E-state index contributed by atoms with van der Waals surface area (Å²) in [6.07, 6.45) is 0.232. The molecule has 2 N–H and O–H groups in total. The second-order valence-electron chi connectivity index (χ2n) is 5.28. The molecule has 4 heteroatoms. The van der Waals surface area contributed by atoms with Crippen LogP contribution in [-0.4, -0.2) is 25.4 Å². The second-order valence-corrected chi connectivity index (χ2v) is 5.28. The summed E-state index contributed by atoms with van der Waals surface area (Å²) < 4.78 is 10.4. The molecule has 0 aliphatic carbocycles. The maximum Gasteiger partial charge on any atom is 0.119 e. The van der Waals surface area contributed by atoms with Crippen LogP contribution in [0.15, 0.2) is 48.5 Å². The van der Waals surface area contributed by atoms with E-state index in [1.807, 2.05) is 48.5 Å². The first-order valence-electron chi connectivity index (χ1n) is 7.35. The summed E-state index contributed by atoms with van der Waals surface area (Å²) in [6, 6.07) is 15.7. The molecule has 0 bridgehead atoms. The smallest absolute Gasteiger partial charge is 0.119 e. The molecule has 0 aliphatic heterocycles. The van der Waals surface area contributed by atoms with E-state index >= 15 is 0 Å². The SMILES string of the molecule is COc1ccc(N[C@@H](C[C@@H](C)O)c2ccc(OC)cc2)cc1. The van der Waals surface area contributed by atoms with E-state index in [1.54, 1.807) is 21.1 Å². The van der Waals surface area contributed by atoms with Gasteiger partial charge in [0.15, 0.2) is 0 Å². The standard InChI is InChI=1S/C18H23NO3/c1-13(20)12-18(14-4-8-16(21-2)9-5-14)19-15-6-10-17(22-3)11-7-15/h4-11,13,18-20H,12H2,1-3H3/t13-,18+/m1/s1. The predicted molar refractivity (Wildman–Crippen MR) is 88.6 cm³/mol. The number of methoxy groups -OCH3 is 2. The van der Waals surface area contributed by atoms with E-state index in [0.29, 0.717) is 6.42 Å². The van der Waals surface area contributed by atoms with E-state index < -0.39 is 6.10 Å². The van der Waals surface area contributed by atoms with Crippen molar-refractivity contribution in [3.8, 4) is 11.5 Å². The van der Waals surface area contributed by atoms with Gasteiger partial charge in [0.1, 0.15) is 11.5 Å². The van der Waals surface area contributed by atoms with Crippen LogP contribution in [0.5, 0.6) is 11.5 Å². The van der Waals surface area contributed by atoms with Crippen molar-refractivity contribution in [1.82, 2.24) is 0 Å². The first-order valence-corrected chi connectivity index (χ1v) is 7.35. The average molecular weight is 301 g/mol. The molecular formula is C18H23NO3. The molecule has 22 heavy (non-hydrogen) atoms. The molecule has 0 saturated carbocycles. The molecule has 0 fully saturated rings. The lowest BCUT2D eigenvalue weighted by Crippen LogP contribution is -2.16. The number of aliphatic hydroxyl groups is 1. The van der Waals surface area contributed by atoms with Crippen molar-refractivity contribution in [2.24, 2.45) is 0 Å². The maximum atomic E-state index is 9.76. The zero-order valence-electron chi connectivity index (χ0n) is 13.2. The van der Waals surface area contributed by atoms with Gasteiger partial charge in [-0.25, -0.2) is 0 Å². The molecule has 2 atom stereocenters. The number of hydrogen-bond acceptors (Lipinski definition) is 4. The lowest BCUT2D eigenvalue weighted by molar-refractivity contribution is 0.177. The quantitative estimate of drug-likeness (QED) is 0.820. The molecule has 0 spiro atoms. The minimum atomic E-state index is -0.391. The highest BCUT2D eigenvalue weighted by Gasteiger charge is 2.14. The number of nitrogens with one attached hydrogen (secondary N) is 1. The first-order chi connectivity index (χ1) is 10.6. The van der Waals surface area contributed by atoms with E-state index in [2.05, 4.69) is 5.32 Å². The Hall–Kier alpha value is -2.20. The fourth-order valence-electron chi connectivity index (χ4n) is 2.34. The van der Waals surface area contributed by atoms with Crippen LogP contribution >= 0.6 is 0 Å². The van der Waals surface area contributed by atoms with E-state index in [9.17, 15) is 5.11 Å². The molecule has 118 valence electrons. The van der Waals surface area contributed by atoms with Crippen molar-refractivity contribution in [1.29, 1.82) is 0 Å². The fraction of sp³-hybridized carbons (Fsp3) is 0.333. The molecule has 2 aromatic carbocycles. The van der Waals surface area contributed by atoms with Crippen LogP contribution < -0.4 is 14.8 Å². The summed E-state index contributed by atoms with van der Waals surface area (Å²) in [6.45, 7) is 1.80. The number of rotatable bonds is 7. The number of aliphatic hydroxyl groups excluding tert-OH is 1. The van der Waals surface area contributed by atoms with Gasteiger partial charge in [0.2, 0.25) is 0 Å². The molecule has 0 saturated heterocycles. The molecule has 0 aliphatic rings. The minimum absolute atomic E-state index is 0.0271. The highest BCUT2D eigenvalue weighted by molar-refractivity contribution is 5.48. The van der Waals surface area contributed by atoms with Crippen LogP contribution in [0.2, 0.25) is 0 Å². The molecule has 0 heterocycles. The molecule has 4 nitrogen and oxygen atoms in total. The van der Waals surface area contributed by atoms with Crippen LogP contribution in [0.4, 0.5) is 5.69 Å². The predicted octanol–water partition coefficient (Wildman–Crippen LogP) is 3.63. The van der Waals surface area contributed by atoms with Gasteiger partial charge in [-0.3, -0.25) is 0 Å². The molecular weight excluding hydrogens is 278 g/mol.